The molecule has 2 amide bonds. The Bertz CT molecular complexity index is 812. The van der Waals surface area contributed by atoms with Gasteiger partial charge in [-0.15, -0.1) is 0 Å². The Balaban J connectivity index is 1.50. The first-order valence-electron chi connectivity index (χ1n) is 8.37. The van der Waals surface area contributed by atoms with Crippen molar-refractivity contribution in [3.8, 4) is 6.07 Å². The maximum atomic E-state index is 12.4. The summed E-state index contributed by atoms with van der Waals surface area (Å²) in [4.78, 5) is 27.8. The standard InChI is InChI=1S/C20H19N3O3/c21-12-16-6-8-18(9-7-16)23-11-10-22(13-19(23)24)20(25)15-26-14-17-4-2-1-3-5-17/h1-9H,10-11,13-15H2. The van der Waals surface area contributed by atoms with Crippen LogP contribution in [0.2, 0.25) is 0 Å². The van der Waals surface area contributed by atoms with Crippen molar-refractivity contribution in [3.05, 3.63) is 65.7 Å². The number of amides is 2. The molecular weight excluding hydrogens is 330 g/mol. The summed E-state index contributed by atoms with van der Waals surface area (Å²) < 4.78 is 5.46. The topological polar surface area (TPSA) is 73.6 Å². The normalized spacial score (nSPS) is 14.2. The number of nitriles is 1. The van der Waals surface area contributed by atoms with Gasteiger partial charge in [-0.25, -0.2) is 0 Å². The summed E-state index contributed by atoms with van der Waals surface area (Å²) in [6.07, 6.45) is 0. The molecular formula is C20H19N3O3. The minimum Gasteiger partial charge on any atom is -0.367 e. The Morgan fingerprint density at radius 3 is 2.46 bits per heavy atom. The molecule has 1 aliphatic heterocycles. The van der Waals surface area contributed by atoms with Gasteiger partial charge in [-0.1, -0.05) is 30.3 Å². The van der Waals surface area contributed by atoms with Gasteiger partial charge in [-0.3, -0.25) is 9.59 Å². The minimum absolute atomic E-state index is 0.0352. The molecule has 0 N–H and O–H groups in total. The summed E-state index contributed by atoms with van der Waals surface area (Å²) in [7, 11) is 0. The smallest absolute Gasteiger partial charge is 0.249 e. The largest absolute Gasteiger partial charge is 0.367 e. The number of benzene rings is 2. The van der Waals surface area contributed by atoms with Crippen molar-refractivity contribution in [3.63, 3.8) is 0 Å². The van der Waals surface area contributed by atoms with Crippen molar-refractivity contribution in [1.82, 2.24) is 4.90 Å². The first-order valence-corrected chi connectivity index (χ1v) is 8.37. The lowest BCUT2D eigenvalue weighted by atomic mass is 10.2. The van der Waals surface area contributed by atoms with E-state index in [2.05, 4.69) is 6.07 Å². The van der Waals surface area contributed by atoms with Crippen LogP contribution in [0.3, 0.4) is 0 Å². The zero-order valence-electron chi connectivity index (χ0n) is 14.3. The lowest BCUT2D eigenvalue weighted by Gasteiger charge is -2.34. The molecule has 0 bridgehead atoms. The molecule has 2 aromatic carbocycles. The highest BCUT2D eigenvalue weighted by Crippen LogP contribution is 2.18. The van der Waals surface area contributed by atoms with Gasteiger partial charge < -0.3 is 14.5 Å². The predicted octanol–water partition coefficient (Wildman–Crippen LogP) is 1.95. The number of piperazine rings is 1. The van der Waals surface area contributed by atoms with E-state index in [-0.39, 0.29) is 25.0 Å². The van der Waals surface area contributed by atoms with E-state index in [4.69, 9.17) is 10.00 Å². The van der Waals surface area contributed by atoms with Crippen molar-refractivity contribution in [2.45, 2.75) is 6.61 Å². The van der Waals surface area contributed by atoms with Crippen molar-refractivity contribution in [2.75, 3.05) is 31.1 Å². The third-order valence-electron chi connectivity index (χ3n) is 4.22. The molecule has 6 nitrogen and oxygen atoms in total. The zero-order chi connectivity index (χ0) is 18.4. The lowest BCUT2D eigenvalue weighted by Crippen LogP contribution is -2.53. The number of ether oxygens (including phenoxy) is 1. The highest BCUT2D eigenvalue weighted by Gasteiger charge is 2.27. The molecule has 6 heteroatoms. The maximum Gasteiger partial charge on any atom is 0.249 e. The fourth-order valence-corrected chi connectivity index (χ4v) is 2.80. The van der Waals surface area contributed by atoms with Crippen LogP contribution < -0.4 is 4.90 Å². The number of carbonyl (C=O) groups excluding carboxylic acids is 2. The number of hydrogen-bond donors (Lipinski definition) is 0. The van der Waals surface area contributed by atoms with Gasteiger partial charge in [0.1, 0.15) is 13.2 Å². The van der Waals surface area contributed by atoms with E-state index in [0.29, 0.717) is 25.3 Å². The Morgan fingerprint density at radius 1 is 1.08 bits per heavy atom. The highest BCUT2D eigenvalue weighted by atomic mass is 16.5. The Labute approximate surface area is 152 Å². The van der Waals surface area contributed by atoms with Crippen molar-refractivity contribution >= 4 is 17.5 Å². The van der Waals surface area contributed by atoms with E-state index in [0.717, 1.165) is 11.3 Å². The monoisotopic (exact) mass is 349 g/mol. The zero-order valence-corrected chi connectivity index (χ0v) is 14.3. The fourth-order valence-electron chi connectivity index (χ4n) is 2.80. The van der Waals surface area contributed by atoms with E-state index in [1.165, 1.54) is 4.90 Å². The third kappa shape index (κ3) is 4.26. The molecule has 2 aromatic rings. The van der Waals surface area contributed by atoms with E-state index in [9.17, 15) is 9.59 Å². The number of nitrogens with zero attached hydrogens (tertiary/aromatic N) is 3. The molecule has 132 valence electrons. The number of anilines is 1. The van der Waals surface area contributed by atoms with Crippen LogP contribution in [0.1, 0.15) is 11.1 Å². The van der Waals surface area contributed by atoms with E-state index in [1.807, 2.05) is 30.3 Å². The average Bonchev–Trinajstić information content (AvgIpc) is 2.69. The summed E-state index contributed by atoms with van der Waals surface area (Å²) in [6.45, 7) is 1.24. The fraction of sp³-hybridized carbons (Fsp3) is 0.250. The van der Waals surface area contributed by atoms with E-state index < -0.39 is 0 Å². The molecule has 1 heterocycles. The first kappa shape index (κ1) is 17.6. The summed E-state index contributed by atoms with van der Waals surface area (Å²) in [5.41, 5.74) is 2.29. The van der Waals surface area contributed by atoms with Gasteiger partial charge in [0, 0.05) is 18.8 Å². The van der Waals surface area contributed by atoms with Gasteiger partial charge >= 0.3 is 0 Å². The molecule has 1 saturated heterocycles. The maximum absolute atomic E-state index is 12.4. The quantitative estimate of drug-likeness (QED) is 0.827. The van der Waals surface area contributed by atoms with E-state index in [1.54, 1.807) is 29.2 Å². The van der Waals surface area contributed by atoms with Crippen molar-refractivity contribution in [2.24, 2.45) is 0 Å². The van der Waals surface area contributed by atoms with Crippen LogP contribution in [0.25, 0.3) is 0 Å². The second-order valence-electron chi connectivity index (χ2n) is 6.00. The molecule has 0 saturated carbocycles. The summed E-state index contributed by atoms with van der Waals surface area (Å²) >= 11 is 0. The van der Waals surface area contributed by atoms with Gasteiger partial charge in [0.2, 0.25) is 11.8 Å². The molecule has 0 spiro atoms. The SMILES string of the molecule is N#Cc1ccc(N2CCN(C(=O)COCc3ccccc3)CC2=O)cc1. The molecule has 0 aliphatic carbocycles. The van der Waals surface area contributed by atoms with Crippen molar-refractivity contribution in [1.29, 1.82) is 5.26 Å². The molecule has 0 unspecified atom stereocenters. The van der Waals surface area contributed by atoms with Crippen LogP contribution in [0.15, 0.2) is 54.6 Å². The Kier molecular flexibility index (Phi) is 5.62. The number of carbonyl (C=O) groups is 2. The van der Waals surface area contributed by atoms with Crippen molar-refractivity contribution < 1.29 is 14.3 Å². The first-order chi connectivity index (χ1) is 12.7. The summed E-state index contributed by atoms with van der Waals surface area (Å²) in [5.74, 6) is -0.328. The summed E-state index contributed by atoms with van der Waals surface area (Å²) in [6, 6.07) is 18.5. The predicted molar refractivity (Wildman–Crippen MR) is 96.2 cm³/mol. The second-order valence-corrected chi connectivity index (χ2v) is 6.00. The summed E-state index contributed by atoms with van der Waals surface area (Å²) in [5, 5.41) is 8.84. The highest BCUT2D eigenvalue weighted by molar-refractivity contribution is 5.98. The van der Waals surface area contributed by atoms with Gasteiger partial charge in [-0.05, 0) is 29.8 Å². The van der Waals surface area contributed by atoms with Crippen LogP contribution in [0.5, 0.6) is 0 Å². The van der Waals surface area contributed by atoms with Crippen LogP contribution in [0, 0.1) is 11.3 Å². The van der Waals surface area contributed by atoms with Gasteiger partial charge in [0.25, 0.3) is 0 Å². The second kappa shape index (κ2) is 8.28. The average molecular weight is 349 g/mol. The molecule has 3 rings (SSSR count). The van der Waals surface area contributed by atoms with Crippen LogP contribution in [-0.2, 0) is 20.9 Å². The minimum atomic E-state index is -0.186. The van der Waals surface area contributed by atoms with Crippen LogP contribution in [-0.4, -0.2) is 43.0 Å². The molecule has 26 heavy (non-hydrogen) atoms. The van der Waals surface area contributed by atoms with Gasteiger partial charge in [-0.2, -0.15) is 5.26 Å². The number of hydrogen-bond acceptors (Lipinski definition) is 4. The molecule has 0 radical (unpaired) electrons. The molecule has 1 aliphatic rings. The van der Waals surface area contributed by atoms with Crippen LogP contribution in [0.4, 0.5) is 5.69 Å². The van der Waals surface area contributed by atoms with Crippen LogP contribution >= 0.6 is 0 Å². The van der Waals surface area contributed by atoms with E-state index >= 15 is 0 Å². The molecule has 0 atom stereocenters. The van der Waals surface area contributed by atoms with Gasteiger partial charge in [0.05, 0.1) is 18.2 Å². The molecule has 1 fully saturated rings. The lowest BCUT2D eigenvalue weighted by molar-refractivity contribution is -0.141. The van der Waals surface area contributed by atoms with Gasteiger partial charge in [0.15, 0.2) is 0 Å². The molecule has 0 aromatic heterocycles. The Morgan fingerprint density at radius 2 is 1.81 bits per heavy atom. The Hall–Kier alpha value is -3.17. The third-order valence-corrected chi connectivity index (χ3v) is 4.22. The number of rotatable bonds is 5.